The molecule has 0 heterocycles. The van der Waals surface area contributed by atoms with Crippen LogP contribution in [-0.2, 0) is 4.74 Å². The molecule has 0 aliphatic rings. The lowest BCUT2D eigenvalue weighted by Crippen LogP contribution is -2.42. The number of hydrogen-bond donors (Lipinski definition) is 3. The van der Waals surface area contributed by atoms with Gasteiger partial charge in [0.15, 0.2) is 5.96 Å². The number of nitrogens with zero attached hydrogens (tertiary/aromatic N) is 1. The molecule has 0 radical (unpaired) electrons. The molecule has 0 fully saturated rings. The summed E-state index contributed by atoms with van der Waals surface area (Å²) >= 11 is 0. The van der Waals surface area contributed by atoms with Crippen molar-refractivity contribution >= 4 is 12.1 Å². The molecular weight excluding hydrogens is 268 g/mol. The lowest BCUT2D eigenvalue weighted by Gasteiger charge is -2.23. The second-order valence-corrected chi connectivity index (χ2v) is 6.31. The molecule has 2 atom stereocenters. The predicted octanol–water partition coefficient (Wildman–Crippen LogP) is 2.38. The third-order valence-electron chi connectivity index (χ3n) is 2.85. The maximum atomic E-state index is 11.8. The van der Waals surface area contributed by atoms with E-state index in [1.165, 1.54) is 0 Å². The zero-order valence-corrected chi connectivity index (χ0v) is 14.3. The quantitative estimate of drug-likeness (QED) is 0.497. The van der Waals surface area contributed by atoms with Crippen LogP contribution >= 0.6 is 0 Å². The van der Waals surface area contributed by atoms with Crippen LogP contribution in [0, 0.1) is 0 Å². The van der Waals surface area contributed by atoms with E-state index in [0.717, 1.165) is 19.3 Å². The summed E-state index contributed by atoms with van der Waals surface area (Å²) in [4.78, 5) is 16.1. The number of alkyl carbamates (subject to hydrolysis) is 1. The third-order valence-corrected chi connectivity index (χ3v) is 2.85. The molecule has 0 aromatic carbocycles. The van der Waals surface area contributed by atoms with Crippen molar-refractivity contribution in [2.45, 2.75) is 78.5 Å². The normalized spacial score (nSPS) is 15.2. The summed E-state index contributed by atoms with van der Waals surface area (Å²) in [6.07, 6.45) is 2.35. The fourth-order valence-electron chi connectivity index (χ4n) is 1.64. The highest BCUT2D eigenvalue weighted by molar-refractivity contribution is 5.78. The van der Waals surface area contributed by atoms with Crippen LogP contribution in [-0.4, -0.2) is 36.3 Å². The molecule has 0 saturated heterocycles. The number of carbonyl (C=O) groups excluding carboxylic acids is 1. The minimum Gasteiger partial charge on any atom is -0.444 e. The van der Waals surface area contributed by atoms with Gasteiger partial charge < -0.3 is 21.1 Å². The number of nitrogens with one attached hydrogen (secondary N) is 2. The van der Waals surface area contributed by atoms with E-state index in [1.54, 1.807) is 0 Å². The van der Waals surface area contributed by atoms with Gasteiger partial charge in [-0.3, -0.25) is 4.99 Å². The molecular formula is C15H32N4O2. The van der Waals surface area contributed by atoms with E-state index in [9.17, 15) is 4.79 Å². The first-order valence-corrected chi connectivity index (χ1v) is 7.73. The van der Waals surface area contributed by atoms with Gasteiger partial charge in [0.2, 0.25) is 0 Å². The second kappa shape index (κ2) is 9.47. The fraction of sp³-hybridized carbons (Fsp3) is 0.867. The second-order valence-electron chi connectivity index (χ2n) is 6.31. The van der Waals surface area contributed by atoms with Crippen LogP contribution < -0.4 is 16.4 Å². The van der Waals surface area contributed by atoms with E-state index in [4.69, 9.17) is 10.5 Å². The minimum atomic E-state index is -0.499. The molecule has 0 rings (SSSR count). The van der Waals surface area contributed by atoms with Gasteiger partial charge in [0, 0.05) is 6.04 Å². The first-order chi connectivity index (χ1) is 9.67. The molecule has 21 heavy (non-hydrogen) atoms. The number of nitrogens with two attached hydrogens (primary N) is 1. The van der Waals surface area contributed by atoms with Crippen molar-refractivity contribution in [3.05, 3.63) is 0 Å². The van der Waals surface area contributed by atoms with Crippen LogP contribution in [0.25, 0.3) is 0 Å². The fourth-order valence-corrected chi connectivity index (χ4v) is 1.64. The van der Waals surface area contributed by atoms with Gasteiger partial charge in [0.25, 0.3) is 0 Å². The molecule has 124 valence electrons. The van der Waals surface area contributed by atoms with Crippen LogP contribution in [0.4, 0.5) is 4.79 Å². The summed E-state index contributed by atoms with van der Waals surface area (Å²) in [7, 11) is 0. The first kappa shape index (κ1) is 19.5. The molecule has 6 heteroatoms. The Morgan fingerprint density at radius 1 is 1.29 bits per heavy atom. The minimum absolute atomic E-state index is 0.0675. The number of carbonyl (C=O) groups is 1. The van der Waals surface area contributed by atoms with Crippen molar-refractivity contribution in [1.82, 2.24) is 10.6 Å². The Balaban J connectivity index is 4.42. The van der Waals surface area contributed by atoms with Gasteiger partial charge in [-0.2, -0.15) is 0 Å². The standard InChI is InChI=1S/C15H32N4O2/c1-7-9-12(19-14(20)21-15(4,5)6)10-17-13(16)18-11(3)8-2/h11-12H,7-10H2,1-6H3,(H,19,20)(H3,16,17,18). The Hall–Kier alpha value is -1.46. The van der Waals surface area contributed by atoms with Crippen molar-refractivity contribution in [2.24, 2.45) is 10.7 Å². The van der Waals surface area contributed by atoms with Crippen molar-refractivity contribution < 1.29 is 9.53 Å². The van der Waals surface area contributed by atoms with Crippen molar-refractivity contribution in [3.63, 3.8) is 0 Å². The Kier molecular flexibility index (Phi) is 8.81. The predicted molar refractivity (Wildman–Crippen MR) is 87.4 cm³/mol. The maximum Gasteiger partial charge on any atom is 0.407 e. The highest BCUT2D eigenvalue weighted by Crippen LogP contribution is 2.07. The Labute approximate surface area is 128 Å². The number of rotatable bonds is 7. The van der Waals surface area contributed by atoms with E-state index in [-0.39, 0.29) is 12.1 Å². The van der Waals surface area contributed by atoms with Gasteiger partial charge in [-0.1, -0.05) is 20.3 Å². The molecule has 2 unspecified atom stereocenters. The van der Waals surface area contributed by atoms with E-state index >= 15 is 0 Å². The Morgan fingerprint density at radius 2 is 1.90 bits per heavy atom. The highest BCUT2D eigenvalue weighted by atomic mass is 16.6. The SMILES string of the molecule is CCCC(CN=C(N)NC(C)CC)NC(=O)OC(C)(C)C. The van der Waals surface area contributed by atoms with Gasteiger partial charge in [-0.15, -0.1) is 0 Å². The molecule has 0 spiro atoms. The summed E-state index contributed by atoms with van der Waals surface area (Å²) < 4.78 is 5.26. The number of amides is 1. The van der Waals surface area contributed by atoms with Crippen LogP contribution in [0.2, 0.25) is 0 Å². The molecule has 0 aromatic rings. The molecule has 0 aliphatic carbocycles. The van der Waals surface area contributed by atoms with Crippen molar-refractivity contribution in [1.29, 1.82) is 0 Å². The van der Waals surface area contributed by atoms with E-state index in [1.807, 2.05) is 27.7 Å². The number of hydrogen-bond acceptors (Lipinski definition) is 3. The van der Waals surface area contributed by atoms with Gasteiger partial charge in [0.1, 0.15) is 5.60 Å². The smallest absolute Gasteiger partial charge is 0.407 e. The Morgan fingerprint density at radius 3 is 2.38 bits per heavy atom. The Bertz CT molecular complexity index is 337. The zero-order valence-electron chi connectivity index (χ0n) is 14.3. The molecule has 0 saturated carbocycles. The molecule has 4 N–H and O–H groups in total. The third kappa shape index (κ3) is 10.9. The molecule has 1 amide bonds. The monoisotopic (exact) mass is 300 g/mol. The van der Waals surface area contributed by atoms with Crippen LogP contribution in [0.15, 0.2) is 4.99 Å². The molecule has 6 nitrogen and oxygen atoms in total. The number of guanidine groups is 1. The van der Waals surface area contributed by atoms with Crippen LogP contribution in [0.5, 0.6) is 0 Å². The number of ether oxygens (including phenoxy) is 1. The van der Waals surface area contributed by atoms with E-state index in [0.29, 0.717) is 12.5 Å². The van der Waals surface area contributed by atoms with Crippen molar-refractivity contribution in [2.75, 3.05) is 6.54 Å². The highest BCUT2D eigenvalue weighted by Gasteiger charge is 2.19. The van der Waals surface area contributed by atoms with Gasteiger partial charge >= 0.3 is 6.09 Å². The average molecular weight is 300 g/mol. The summed E-state index contributed by atoms with van der Waals surface area (Å²) in [5, 5.41) is 5.95. The van der Waals surface area contributed by atoms with E-state index in [2.05, 4.69) is 29.5 Å². The van der Waals surface area contributed by atoms with E-state index < -0.39 is 11.7 Å². The maximum absolute atomic E-state index is 11.8. The van der Waals surface area contributed by atoms with Gasteiger partial charge in [-0.05, 0) is 40.5 Å². The van der Waals surface area contributed by atoms with Gasteiger partial charge in [0.05, 0.1) is 12.6 Å². The topological polar surface area (TPSA) is 88.7 Å². The summed E-state index contributed by atoms with van der Waals surface area (Å²) in [6.45, 7) is 12.2. The summed E-state index contributed by atoms with van der Waals surface area (Å²) in [5.74, 6) is 0.413. The largest absolute Gasteiger partial charge is 0.444 e. The van der Waals surface area contributed by atoms with Crippen molar-refractivity contribution in [3.8, 4) is 0 Å². The zero-order chi connectivity index (χ0) is 16.5. The molecule has 0 aromatic heterocycles. The summed E-state index contributed by atoms with van der Waals surface area (Å²) in [6, 6.07) is 0.222. The van der Waals surface area contributed by atoms with Crippen LogP contribution in [0.3, 0.4) is 0 Å². The molecule has 0 bridgehead atoms. The first-order valence-electron chi connectivity index (χ1n) is 7.73. The number of aliphatic imine (C=N–C) groups is 1. The molecule has 0 aliphatic heterocycles. The lowest BCUT2D eigenvalue weighted by molar-refractivity contribution is 0.0503. The summed E-state index contributed by atoms with van der Waals surface area (Å²) in [5.41, 5.74) is 5.32. The average Bonchev–Trinajstić information content (AvgIpc) is 2.33. The van der Waals surface area contributed by atoms with Gasteiger partial charge in [-0.25, -0.2) is 4.79 Å². The van der Waals surface area contributed by atoms with Crippen LogP contribution in [0.1, 0.15) is 60.8 Å². The lowest BCUT2D eigenvalue weighted by atomic mass is 10.1.